The van der Waals surface area contributed by atoms with Gasteiger partial charge in [-0.2, -0.15) is 0 Å². The van der Waals surface area contributed by atoms with E-state index in [1.807, 2.05) is 23.1 Å². The van der Waals surface area contributed by atoms with Crippen LogP contribution in [0.4, 0.5) is 10.1 Å². The number of hydrazine groups is 2. The molecule has 3 atom stereocenters. The van der Waals surface area contributed by atoms with Crippen LogP contribution in [-0.2, 0) is 9.63 Å². The van der Waals surface area contributed by atoms with Crippen LogP contribution in [0.15, 0.2) is 70.9 Å². The molecule has 4 saturated heterocycles. The molecule has 8 aliphatic rings. The maximum atomic E-state index is 15.5. The third kappa shape index (κ3) is 8.12. The number of aliphatic hydroxyl groups is 1. The molecule has 0 radical (unpaired) electrons. The Morgan fingerprint density at radius 3 is 2.20 bits per heavy atom. The van der Waals surface area contributed by atoms with Gasteiger partial charge in [0.25, 0.3) is 11.8 Å². The fraction of sp³-hybridized carbons (Fsp3) is 0.500. The first-order valence-corrected chi connectivity index (χ1v) is 21.8. The van der Waals surface area contributed by atoms with Crippen molar-refractivity contribution in [1.82, 2.24) is 42.0 Å². The largest absolute Gasteiger partial charge is 0.490 e. The van der Waals surface area contributed by atoms with Crippen molar-refractivity contribution < 1.29 is 33.5 Å². The van der Waals surface area contributed by atoms with Crippen molar-refractivity contribution in [3.05, 3.63) is 88.3 Å². The summed E-state index contributed by atoms with van der Waals surface area (Å²) in [6, 6.07) is 9.95. The number of hydrogen-bond acceptors (Lipinski definition) is 14. The lowest BCUT2D eigenvalue weighted by atomic mass is 9.91. The van der Waals surface area contributed by atoms with Crippen molar-refractivity contribution in [2.45, 2.75) is 75.8 Å². The highest BCUT2D eigenvalue weighted by Gasteiger charge is 2.45. The minimum absolute atomic E-state index is 0.00522. The van der Waals surface area contributed by atoms with Crippen molar-refractivity contribution in [1.29, 1.82) is 0 Å². The summed E-state index contributed by atoms with van der Waals surface area (Å²) in [5.74, 6) is 1.56. The number of amidine groups is 1. The number of hydroxylamine groups is 1. The Balaban J connectivity index is 0.646. The van der Waals surface area contributed by atoms with E-state index in [9.17, 15) is 19.5 Å². The number of aliphatic hydroxyl groups excluding tert-OH is 1. The Kier molecular flexibility index (Phi) is 11.0. The maximum Gasteiger partial charge on any atom is 0.262 e. The van der Waals surface area contributed by atoms with Gasteiger partial charge < -0.3 is 34.7 Å². The molecule has 61 heavy (non-hydrogen) atoms. The number of anilines is 1. The number of benzene rings is 2. The van der Waals surface area contributed by atoms with Gasteiger partial charge in [-0.3, -0.25) is 24.7 Å². The highest BCUT2D eigenvalue weighted by Crippen LogP contribution is 2.36. The summed E-state index contributed by atoms with van der Waals surface area (Å²) in [4.78, 5) is 52.3. The molecule has 10 rings (SSSR count). The first-order valence-electron chi connectivity index (χ1n) is 21.8. The van der Waals surface area contributed by atoms with Crippen LogP contribution in [0.1, 0.15) is 77.6 Å². The number of rotatable bonds is 10. The normalized spacial score (nSPS) is 26.7. The third-order valence-corrected chi connectivity index (χ3v) is 13.6. The predicted octanol–water partition coefficient (Wildman–Crippen LogP) is 2.53. The van der Waals surface area contributed by atoms with Gasteiger partial charge >= 0.3 is 0 Å². The molecule has 4 fully saturated rings. The van der Waals surface area contributed by atoms with E-state index in [2.05, 4.69) is 66.5 Å². The summed E-state index contributed by atoms with van der Waals surface area (Å²) in [5.41, 5.74) is 15.1. The third-order valence-electron chi connectivity index (χ3n) is 13.6. The molecule has 6 N–H and O–H groups in total. The van der Waals surface area contributed by atoms with E-state index in [1.54, 1.807) is 0 Å². The lowest BCUT2D eigenvalue weighted by Gasteiger charge is -2.40. The molecule has 0 aromatic heterocycles. The molecule has 3 unspecified atom stereocenters. The van der Waals surface area contributed by atoms with Crippen molar-refractivity contribution >= 4 is 35.0 Å². The second kappa shape index (κ2) is 16.9. The number of ether oxygens (including phenoxy) is 1. The molecule has 16 nitrogen and oxygen atoms in total. The SMILES string of the molecule is O=C1CCC(N2C(=O)c3cc(F)c(N4CCC(CN5CCC(CN6CCC(Oc7ccc(C8=C9C=C(C%10=NNNN%10)C=CC9NO8)cc7)CC6)CC5)CC4)cc3C2=O)C(O)N1. The summed E-state index contributed by atoms with van der Waals surface area (Å²) in [5, 5.41) is 17.0. The van der Waals surface area contributed by atoms with Gasteiger partial charge in [0.2, 0.25) is 5.91 Å². The number of amides is 3. The summed E-state index contributed by atoms with van der Waals surface area (Å²) >= 11 is 0. The van der Waals surface area contributed by atoms with Crippen LogP contribution in [0.25, 0.3) is 5.76 Å². The minimum Gasteiger partial charge on any atom is -0.490 e. The molecule has 7 aliphatic heterocycles. The van der Waals surface area contributed by atoms with E-state index in [4.69, 9.17) is 9.57 Å². The smallest absolute Gasteiger partial charge is 0.262 e. The number of halogens is 1. The molecule has 2 aromatic carbocycles. The lowest BCUT2D eigenvalue weighted by molar-refractivity contribution is -0.129. The molecule has 1 aliphatic carbocycles. The monoisotopic (exact) mass is 836 g/mol. The summed E-state index contributed by atoms with van der Waals surface area (Å²) in [6.07, 6.45) is 11.5. The molecule has 2 aromatic rings. The molecule has 0 saturated carbocycles. The fourth-order valence-electron chi connectivity index (χ4n) is 10.2. The van der Waals surface area contributed by atoms with Crippen LogP contribution >= 0.6 is 0 Å². The van der Waals surface area contributed by atoms with Crippen LogP contribution in [0, 0.1) is 17.7 Å². The summed E-state index contributed by atoms with van der Waals surface area (Å²) in [7, 11) is 0. The molecule has 17 heteroatoms. The standard InChI is InChI=1S/C44H53FN10O6/c45-35-22-32-33(44(59)55(43(32)58)37-7-8-39(56)46-42(37)57)23-38(35)54-19-11-27(12-20-54)25-52-15-9-26(10-16-52)24-53-17-13-31(14-18-53)60-30-4-1-28(2-5-30)40-34-21-29(41-47-50-51-48-41)3-6-36(34)49-61-40/h1-6,21-23,26-27,31,36-37,42,49-51,57H,7-20,24-25H2,(H,46,56)(H,47,48). The van der Waals surface area contributed by atoms with E-state index in [0.717, 1.165) is 110 Å². The van der Waals surface area contributed by atoms with E-state index in [0.29, 0.717) is 30.6 Å². The highest BCUT2D eigenvalue weighted by molar-refractivity contribution is 6.22. The van der Waals surface area contributed by atoms with E-state index < -0.39 is 29.9 Å². The Hall–Kier alpha value is -5.33. The lowest BCUT2D eigenvalue weighted by Crippen LogP contribution is -2.57. The molecule has 322 valence electrons. The number of piperidine rings is 4. The zero-order valence-electron chi connectivity index (χ0n) is 34.1. The molecule has 0 bridgehead atoms. The quantitative estimate of drug-likeness (QED) is 0.193. The van der Waals surface area contributed by atoms with Crippen LogP contribution in [0.3, 0.4) is 0 Å². The van der Waals surface area contributed by atoms with E-state index in [-0.39, 0.29) is 42.0 Å². The molecular weight excluding hydrogens is 784 g/mol. The number of nitrogens with zero attached hydrogens (tertiary/aromatic N) is 5. The van der Waals surface area contributed by atoms with Crippen molar-refractivity contribution in [3.63, 3.8) is 0 Å². The number of fused-ring (bicyclic) bond motifs is 2. The van der Waals surface area contributed by atoms with Gasteiger partial charge in [0.15, 0.2) is 11.6 Å². The molecule has 7 heterocycles. The molecule has 0 spiro atoms. The highest BCUT2D eigenvalue weighted by atomic mass is 19.1. The number of imide groups is 1. The first kappa shape index (κ1) is 39.8. The maximum absolute atomic E-state index is 15.5. The number of carbonyl (C=O) groups excluding carboxylic acids is 3. The molecular formula is C44H53FN10O6. The van der Waals surface area contributed by atoms with Gasteiger partial charge in [-0.15, -0.1) is 16.1 Å². The Labute approximate surface area is 353 Å². The zero-order valence-corrected chi connectivity index (χ0v) is 34.1. The Bertz CT molecular complexity index is 2170. The summed E-state index contributed by atoms with van der Waals surface area (Å²) in [6.45, 7) is 7.82. The predicted molar refractivity (Wildman–Crippen MR) is 224 cm³/mol. The molecule has 3 amide bonds. The van der Waals surface area contributed by atoms with E-state index in [1.165, 1.54) is 18.9 Å². The Morgan fingerprint density at radius 1 is 0.852 bits per heavy atom. The Morgan fingerprint density at radius 2 is 1.52 bits per heavy atom. The second-order valence-corrected chi connectivity index (χ2v) is 17.5. The van der Waals surface area contributed by atoms with Crippen LogP contribution in [0.2, 0.25) is 0 Å². The summed E-state index contributed by atoms with van der Waals surface area (Å²) < 4.78 is 21.9. The van der Waals surface area contributed by atoms with Gasteiger partial charge in [-0.25, -0.2) is 9.93 Å². The number of hydrazone groups is 1. The van der Waals surface area contributed by atoms with Crippen molar-refractivity contribution in [2.24, 2.45) is 16.9 Å². The van der Waals surface area contributed by atoms with Gasteiger partial charge in [0, 0.05) is 62.4 Å². The van der Waals surface area contributed by atoms with Gasteiger partial charge in [-0.05, 0) is 112 Å². The average Bonchev–Trinajstić information content (AvgIpc) is 4.02. The number of likely N-dealkylation sites (tertiary alicyclic amines) is 2. The van der Waals surface area contributed by atoms with Gasteiger partial charge in [0.1, 0.15) is 23.9 Å². The van der Waals surface area contributed by atoms with Gasteiger partial charge in [-0.1, -0.05) is 12.2 Å². The average molecular weight is 837 g/mol. The second-order valence-electron chi connectivity index (χ2n) is 17.5. The first-order chi connectivity index (χ1) is 29.7. The zero-order chi connectivity index (χ0) is 41.6. The van der Waals surface area contributed by atoms with Crippen molar-refractivity contribution in [3.8, 4) is 5.75 Å². The van der Waals surface area contributed by atoms with E-state index >= 15 is 4.39 Å². The minimum atomic E-state index is -1.35. The van der Waals surface area contributed by atoms with Gasteiger partial charge in [0.05, 0.1) is 28.9 Å². The van der Waals surface area contributed by atoms with Crippen molar-refractivity contribution in [2.75, 3.05) is 57.3 Å². The van der Waals surface area contributed by atoms with Crippen LogP contribution in [-0.4, -0.2) is 120 Å². The topological polar surface area (TPSA) is 175 Å². The number of hydrogen-bond donors (Lipinski definition) is 6. The van der Waals surface area contributed by atoms with Crippen LogP contribution in [0.5, 0.6) is 5.75 Å². The van der Waals surface area contributed by atoms with Crippen LogP contribution < -0.4 is 36.9 Å². The number of carbonyl (C=O) groups is 3. The number of nitrogens with one attached hydrogen (secondary N) is 5. The fourth-order valence-corrected chi connectivity index (χ4v) is 10.2.